The standard InChI is InChI=1S/C43H68NO9P/c1-3-5-7-9-11-13-15-17-18-20-22-24-26-28-30-34-43(47)53-41(39-52-54(48,49)51-37-36-44)38-50-42(46)35-31-33-40(45)32-29-27-25-23-21-19-16-14-12-10-8-6-4-2/h5-8,11-14,17-19,21-22,24-25,27,29,32,40-41,45H,3-4,9-10,15-16,20,23,26,28,30-31,33-39,44H2,1-2H3,(H,48,49)/b7-5-,8-6-,13-11-,14-12-,18-17-,21-19-,24-22-,27-25-,32-29+/t40?,41-/m1/s1. The van der Waals surface area contributed by atoms with Crippen LogP contribution in [0.15, 0.2) is 109 Å². The number of rotatable bonds is 34. The van der Waals surface area contributed by atoms with Crippen molar-refractivity contribution in [2.75, 3.05) is 26.4 Å². The van der Waals surface area contributed by atoms with Crippen LogP contribution in [0.1, 0.15) is 110 Å². The Morgan fingerprint density at radius 3 is 1.72 bits per heavy atom. The van der Waals surface area contributed by atoms with Gasteiger partial charge in [-0.05, 0) is 83.5 Å². The second-order valence-electron chi connectivity index (χ2n) is 12.2. The molecule has 0 aliphatic rings. The summed E-state index contributed by atoms with van der Waals surface area (Å²) in [4.78, 5) is 34.8. The third-order valence-electron chi connectivity index (χ3n) is 7.26. The maximum Gasteiger partial charge on any atom is 0.472 e. The number of allylic oxidation sites excluding steroid dienone is 17. The topological polar surface area (TPSA) is 155 Å². The Bertz CT molecular complexity index is 1260. The largest absolute Gasteiger partial charge is 0.472 e. The normalized spacial score (nSPS) is 15.1. The third-order valence-corrected chi connectivity index (χ3v) is 8.24. The molecule has 2 unspecified atom stereocenters. The van der Waals surface area contributed by atoms with Crippen LogP contribution in [0.2, 0.25) is 0 Å². The number of hydrogen-bond donors (Lipinski definition) is 3. The van der Waals surface area contributed by atoms with E-state index < -0.39 is 38.6 Å². The van der Waals surface area contributed by atoms with E-state index in [1.165, 1.54) is 0 Å². The molecule has 3 atom stereocenters. The van der Waals surface area contributed by atoms with Crippen LogP contribution in [0.4, 0.5) is 0 Å². The van der Waals surface area contributed by atoms with Crippen LogP contribution >= 0.6 is 7.82 Å². The van der Waals surface area contributed by atoms with Crippen molar-refractivity contribution in [3.05, 3.63) is 109 Å². The number of carbonyl (C=O) groups is 2. The number of phosphoric acid groups is 1. The lowest BCUT2D eigenvalue weighted by Crippen LogP contribution is -2.29. The van der Waals surface area contributed by atoms with E-state index in [1.54, 1.807) is 12.2 Å². The number of nitrogens with two attached hydrogens (primary N) is 1. The van der Waals surface area contributed by atoms with Gasteiger partial charge in [0.1, 0.15) is 6.61 Å². The van der Waals surface area contributed by atoms with Gasteiger partial charge in [-0.15, -0.1) is 0 Å². The van der Waals surface area contributed by atoms with Gasteiger partial charge in [0, 0.05) is 19.4 Å². The van der Waals surface area contributed by atoms with E-state index in [4.69, 9.17) is 24.3 Å². The average molecular weight is 774 g/mol. The van der Waals surface area contributed by atoms with Crippen molar-refractivity contribution < 1.29 is 42.7 Å². The molecule has 0 aromatic carbocycles. The Hall–Kier alpha value is -3.37. The molecule has 54 heavy (non-hydrogen) atoms. The fourth-order valence-electron chi connectivity index (χ4n) is 4.42. The number of unbranched alkanes of at least 4 members (excludes halogenated alkanes) is 2. The van der Waals surface area contributed by atoms with Crippen LogP contribution in [-0.2, 0) is 32.7 Å². The van der Waals surface area contributed by atoms with Crippen molar-refractivity contribution in [3.8, 4) is 0 Å². The van der Waals surface area contributed by atoms with Crippen LogP contribution in [0.25, 0.3) is 0 Å². The summed E-state index contributed by atoms with van der Waals surface area (Å²) in [6.07, 6.45) is 45.9. The first kappa shape index (κ1) is 50.6. The number of esters is 2. The molecule has 0 radical (unpaired) electrons. The summed E-state index contributed by atoms with van der Waals surface area (Å²) in [6.45, 7) is 3.18. The minimum atomic E-state index is -4.44. The first-order valence-corrected chi connectivity index (χ1v) is 21.0. The molecule has 4 N–H and O–H groups in total. The minimum Gasteiger partial charge on any atom is -0.462 e. The molecular formula is C43H68NO9P. The summed E-state index contributed by atoms with van der Waals surface area (Å²) >= 11 is 0. The second-order valence-corrected chi connectivity index (χ2v) is 13.7. The molecule has 0 aromatic rings. The number of ether oxygens (including phenoxy) is 2. The molecule has 10 nitrogen and oxygen atoms in total. The van der Waals surface area contributed by atoms with Gasteiger partial charge in [0.25, 0.3) is 0 Å². The number of phosphoric ester groups is 1. The highest BCUT2D eigenvalue weighted by molar-refractivity contribution is 7.47. The molecule has 0 bridgehead atoms. The Labute approximate surface area is 325 Å². The van der Waals surface area contributed by atoms with E-state index in [-0.39, 0.29) is 32.6 Å². The van der Waals surface area contributed by atoms with Gasteiger partial charge in [0.05, 0.1) is 19.3 Å². The van der Waals surface area contributed by atoms with Gasteiger partial charge in [-0.3, -0.25) is 18.6 Å². The Morgan fingerprint density at radius 1 is 0.648 bits per heavy atom. The molecule has 0 saturated carbocycles. The van der Waals surface area contributed by atoms with Gasteiger partial charge in [-0.1, -0.05) is 123 Å². The third kappa shape index (κ3) is 37.0. The number of aliphatic hydroxyl groups excluding tert-OH is 1. The van der Waals surface area contributed by atoms with Crippen molar-refractivity contribution in [3.63, 3.8) is 0 Å². The van der Waals surface area contributed by atoms with Gasteiger partial charge >= 0.3 is 19.8 Å². The van der Waals surface area contributed by atoms with E-state index >= 15 is 0 Å². The highest BCUT2D eigenvalue weighted by atomic mass is 31.2. The van der Waals surface area contributed by atoms with E-state index in [0.29, 0.717) is 19.3 Å². The molecule has 0 rings (SSSR count). The SMILES string of the molecule is CC/C=C\C/C=C\C/C=C\C/C=C\C=C\C(O)CCCC(=O)OC[C@H](COP(=O)(O)OCCN)OC(=O)CCCC/C=C\C/C=C\C/C=C\C/C=C\CC. The highest BCUT2D eigenvalue weighted by Crippen LogP contribution is 2.43. The van der Waals surface area contributed by atoms with Crippen molar-refractivity contribution in [2.24, 2.45) is 5.73 Å². The molecule has 0 fully saturated rings. The van der Waals surface area contributed by atoms with Gasteiger partial charge < -0.3 is 25.2 Å². The lowest BCUT2D eigenvalue weighted by Gasteiger charge is -2.20. The zero-order chi connectivity index (χ0) is 39.8. The Balaban J connectivity index is 4.52. The number of carbonyl (C=O) groups excluding carboxylic acids is 2. The number of aliphatic hydroxyl groups is 1. The Morgan fingerprint density at radius 2 is 1.17 bits per heavy atom. The molecule has 304 valence electrons. The summed E-state index contributed by atoms with van der Waals surface area (Å²) in [5, 5.41) is 10.2. The average Bonchev–Trinajstić information content (AvgIpc) is 3.15. The maximum absolute atomic E-state index is 12.5. The van der Waals surface area contributed by atoms with Crippen LogP contribution in [-0.4, -0.2) is 60.5 Å². The Kier molecular flexibility index (Phi) is 35.6. The van der Waals surface area contributed by atoms with E-state index in [0.717, 1.165) is 64.2 Å². The minimum absolute atomic E-state index is 0.0137. The zero-order valence-corrected chi connectivity index (χ0v) is 33.7. The first-order valence-electron chi connectivity index (χ1n) is 19.5. The summed E-state index contributed by atoms with van der Waals surface area (Å²) < 4.78 is 32.5. The molecule has 11 heteroatoms. The summed E-state index contributed by atoms with van der Waals surface area (Å²) in [6, 6.07) is 0. The second kappa shape index (κ2) is 37.9. The lowest BCUT2D eigenvalue weighted by molar-refractivity contribution is -0.161. The smallest absolute Gasteiger partial charge is 0.462 e. The predicted molar refractivity (Wildman–Crippen MR) is 220 cm³/mol. The molecule has 0 spiro atoms. The van der Waals surface area contributed by atoms with Gasteiger partial charge in [0.15, 0.2) is 6.10 Å². The van der Waals surface area contributed by atoms with Crippen LogP contribution in [0.3, 0.4) is 0 Å². The highest BCUT2D eigenvalue weighted by Gasteiger charge is 2.26. The van der Waals surface area contributed by atoms with Crippen molar-refractivity contribution in [1.82, 2.24) is 0 Å². The zero-order valence-electron chi connectivity index (χ0n) is 32.8. The lowest BCUT2D eigenvalue weighted by atomic mass is 10.1. The fourth-order valence-corrected chi connectivity index (χ4v) is 5.18. The maximum atomic E-state index is 12.5. The molecule has 0 aliphatic carbocycles. The van der Waals surface area contributed by atoms with Gasteiger partial charge in [-0.25, -0.2) is 4.57 Å². The predicted octanol–water partition coefficient (Wildman–Crippen LogP) is 9.79. The molecule has 0 amide bonds. The van der Waals surface area contributed by atoms with E-state index in [2.05, 4.69) is 98.9 Å². The van der Waals surface area contributed by atoms with Crippen molar-refractivity contribution >= 4 is 19.8 Å². The van der Waals surface area contributed by atoms with Crippen LogP contribution in [0.5, 0.6) is 0 Å². The molecule has 0 heterocycles. The first-order chi connectivity index (χ1) is 26.2. The van der Waals surface area contributed by atoms with Crippen molar-refractivity contribution in [1.29, 1.82) is 0 Å². The molecular weight excluding hydrogens is 705 g/mol. The van der Waals surface area contributed by atoms with Crippen molar-refractivity contribution in [2.45, 2.75) is 122 Å². The van der Waals surface area contributed by atoms with E-state index in [9.17, 15) is 24.2 Å². The quantitative estimate of drug-likeness (QED) is 0.0189. The van der Waals surface area contributed by atoms with E-state index in [1.807, 2.05) is 12.2 Å². The summed E-state index contributed by atoms with van der Waals surface area (Å²) in [7, 11) is -4.44. The summed E-state index contributed by atoms with van der Waals surface area (Å²) in [5.74, 6) is -1.10. The van der Waals surface area contributed by atoms with Gasteiger partial charge in [-0.2, -0.15) is 0 Å². The van der Waals surface area contributed by atoms with Crippen LogP contribution in [0, 0.1) is 0 Å². The molecule has 0 aromatic heterocycles. The monoisotopic (exact) mass is 773 g/mol. The van der Waals surface area contributed by atoms with Crippen LogP contribution < -0.4 is 5.73 Å². The fraction of sp³-hybridized carbons (Fsp3) is 0.535. The summed E-state index contributed by atoms with van der Waals surface area (Å²) in [5.41, 5.74) is 5.32. The van der Waals surface area contributed by atoms with Gasteiger partial charge in [0.2, 0.25) is 0 Å². The molecule has 0 aliphatic heterocycles. The number of hydrogen-bond acceptors (Lipinski definition) is 9. The molecule has 0 saturated heterocycles.